The van der Waals surface area contributed by atoms with Gasteiger partial charge in [0.1, 0.15) is 5.82 Å². The van der Waals surface area contributed by atoms with E-state index in [1.807, 2.05) is 74.5 Å². The summed E-state index contributed by atoms with van der Waals surface area (Å²) in [5.74, 6) is -1.39. The van der Waals surface area contributed by atoms with Crippen LogP contribution in [0.1, 0.15) is 60.2 Å². The molecule has 2 aromatic carbocycles. The van der Waals surface area contributed by atoms with E-state index in [-0.39, 0.29) is 42.0 Å². The predicted molar refractivity (Wildman–Crippen MR) is 128 cm³/mol. The van der Waals surface area contributed by atoms with Gasteiger partial charge in [0, 0.05) is 25.4 Å². The molecule has 2 N–H and O–H groups in total. The molecule has 0 unspecified atom stereocenters. The Kier molecular flexibility index (Phi) is 6.49. The highest BCUT2D eigenvalue weighted by Gasteiger charge is 2.41. The second-order valence-electron chi connectivity index (χ2n) is 8.73. The lowest BCUT2D eigenvalue weighted by molar-refractivity contribution is -0.119. The molecule has 4 rings (SSSR count). The molecular weight excluding hydrogens is 432 g/mol. The topological polar surface area (TPSA) is 105 Å². The third-order valence-corrected chi connectivity index (χ3v) is 6.18. The summed E-state index contributed by atoms with van der Waals surface area (Å²) >= 11 is 0. The summed E-state index contributed by atoms with van der Waals surface area (Å²) in [6.45, 7) is 5.47. The van der Waals surface area contributed by atoms with Gasteiger partial charge in [0.15, 0.2) is 5.69 Å². The van der Waals surface area contributed by atoms with Crippen molar-refractivity contribution in [2.24, 2.45) is 0 Å². The van der Waals surface area contributed by atoms with Crippen LogP contribution >= 0.6 is 0 Å². The first-order valence-corrected chi connectivity index (χ1v) is 11.3. The first-order chi connectivity index (χ1) is 16.3. The fourth-order valence-corrected chi connectivity index (χ4v) is 4.62. The highest BCUT2D eigenvalue weighted by Crippen LogP contribution is 2.40. The third kappa shape index (κ3) is 4.31. The van der Waals surface area contributed by atoms with Gasteiger partial charge in [0.2, 0.25) is 11.7 Å². The lowest BCUT2D eigenvalue weighted by Crippen LogP contribution is -2.50. The number of hydrogen-bond acceptors (Lipinski definition) is 5. The molecule has 8 nitrogen and oxygen atoms in total. The van der Waals surface area contributed by atoms with E-state index in [0.717, 1.165) is 11.1 Å². The summed E-state index contributed by atoms with van der Waals surface area (Å²) in [7, 11) is 0. The van der Waals surface area contributed by atoms with Crippen LogP contribution in [0.5, 0.6) is 5.75 Å². The average Bonchev–Trinajstić information content (AvgIpc) is 2.82. The van der Waals surface area contributed by atoms with Gasteiger partial charge in [0.25, 0.3) is 5.91 Å². The van der Waals surface area contributed by atoms with Crippen molar-refractivity contribution < 1.29 is 14.7 Å². The molecule has 0 bridgehead atoms. The molecule has 1 aromatic heterocycles. The summed E-state index contributed by atoms with van der Waals surface area (Å²) in [6.07, 6.45) is 0. The first kappa shape index (κ1) is 23.2. The van der Waals surface area contributed by atoms with E-state index >= 15 is 0 Å². The van der Waals surface area contributed by atoms with E-state index in [1.54, 1.807) is 9.47 Å². The quantitative estimate of drug-likeness (QED) is 0.589. The Morgan fingerprint density at radius 2 is 1.62 bits per heavy atom. The number of aromatic hydroxyl groups is 1. The van der Waals surface area contributed by atoms with Gasteiger partial charge in [-0.15, -0.1) is 0 Å². The van der Waals surface area contributed by atoms with Crippen LogP contribution in [-0.4, -0.2) is 44.0 Å². The molecule has 0 radical (unpaired) electrons. The monoisotopic (exact) mass is 460 g/mol. The summed E-state index contributed by atoms with van der Waals surface area (Å²) in [5.41, 5.74) is 1.06. The minimum Gasteiger partial charge on any atom is -0.501 e. The Labute approximate surface area is 197 Å². The van der Waals surface area contributed by atoms with Crippen molar-refractivity contribution in [3.8, 4) is 5.75 Å². The van der Waals surface area contributed by atoms with Crippen molar-refractivity contribution in [3.05, 3.63) is 93.7 Å². The highest BCUT2D eigenvalue weighted by molar-refractivity contribution is 5.96. The van der Waals surface area contributed by atoms with Crippen LogP contribution in [0.2, 0.25) is 0 Å². The van der Waals surface area contributed by atoms with Gasteiger partial charge in [-0.2, -0.15) is 4.98 Å². The van der Waals surface area contributed by atoms with E-state index in [9.17, 15) is 19.5 Å². The maximum atomic E-state index is 13.5. The Hall–Kier alpha value is -3.94. The number of carbonyl (C=O) groups excluding carboxylic acids is 2. The zero-order valence-electron chi connectivity index (χ0n) is 19.4. The molecule has 34 heavy (non-hydrogen) atoms. The number of nitrogens with zero attached hydrogens (tertiary/aromatic N) is 3. The van der Waals surface area contributed by atoms with Gasteiger partial charge in [-0.25, -0.2) is 0 Å². The lowest BCUT2D eigenvalue weighted by atomic mass is 9.83. The number of benzene rings is 2. The maximum Gasteiger partial charge on any atom is 0.315 e. The minimum absolute atomic E-state index is 0.0421. The van der Waals surface area contributed by atoms with E-state index < -0.39 is 17.2 Å². The molecule has 3 aromatic rings. The van der Waals surface area contributed by atoms with Gasteiger partial charge in [-0.1, -0.05) is 60.7 Å². The van der Waals surface area contributed by atoms with Crippen LogP contribution < -0.4 is 10.9 Å². The molecule has 0 fully saturated rings. The van der Waals surface area contributed by atoms with Crippen LogP contribution in [0.3, 0.4) is 0 Å². The summed E-state index contributed by atoms with van der Waals surface area (Å²) < 4.78 is 1.65. The Morgan fingerprint density at radius 3 is 2.12 bits per heavy atom. The summed E-state index contributed by atoms with van der Waals surface area (Å²) in [6, 6.07) is 19.3. The molecule has 0 saturated heterocycles. The second-order valence-corrected chi connectivity index (χ2v) is 8.73. The summed E-state index contributed by atoms with van der Waals surface area (Å²) in [5, 5.41) is 13.4. The van der Waals surface area contributed by atoms with E-state index in [0.29, 0.717) is 6.54 Å². The zero-order chi connectivity index (χ0) is 24.4. The average molecular weight is 461 g/mol. The minimum atomic E-state index is -0.889. The zero-order valence-corrected chi connectivity index (χ0v) is 19.4. The fraction of sp³-hybridized carbons (Fsp3) is 0.308. The van der Waals surface area contributed by atoms with Crippen molar-refractivity contribution in [3.63, 3.8) is 0 Å². The van der Waals surface area contributed by atoms with Gasteiger partial charge in [-0.05, 0) is 25.0 Å². The highest BCUT2D eigenvalue weighted by atomic mass is 16.3. The molecule has 2 heterocycles. The van der Waals surface area contributed by atoms with Gasteiger partial charge in [-0.3, -0.25) is 14.4 Å². The number of amides is 2. The number of hydrogen-bond donors (Lipinski definition) is 2. The van der Waals surface area contributed by atoms with Crippen molar-refractivity contribution in [1.29, 1.82) is 0 Å². The van der Waals surface area contributed by atoms with Crippen LogP contribution in [0, 0.1) is 0 Å². The van der Waals surface area contributed by atoms with Crippen molar-refractivity contribution in [2.45, 2.75) is 45.3 Å². The van der Waals surface area contributed by atoms with Crippen molar-refractivity contribution in [1.82, 2.24) is 19.8 Å². The number of fused-ring (bicyclic) bond motifs is 1. The Balaban J connectivity index is 2.01. The van der Waals surface area contributed by atoms with Gasteiger partial charge in [0.05, 0.1) is 12.6 Å². The van der Waals surface area contributed by atoms with Crippen LogP contribution in [0.4, 0.5) is 0 Å². The van der Waals surface area contributed by atoms with E-state index in [4.69, 9.17) is 0 Å². The Bertz CT molecular complexity index is 1220. The van der Waals surface area contributed by atoms with Crippen LogP contribution in [-0.2, 0) is 11.3 Å². The molecule has 0 aliphatic carbocycles. The normalized spacial score (nSPS) is 15.5. The lowest BCUT2D eigenvalue weighted by Gasteiger charge is -2.42. The maximum absolute atomic E-state index is 13.5. The molecule has 1 aliphatic heterocycles. The third-order valence-electron chi connectivity index (χ3n) is 6.18. The molecule has 8 heteroatoms. The largest absolute Gasteiger partial charge is 0.501 e. The molecule has 2 amide bonds. The number of rotatable bonds is 6. The van der Waals surface area contributed by atoms with E-state index in [2.05, 4.69) is 10.3 Å². The molecule has 0 saturated carbocycles. The Morgan fingerprint density at radius 1 is 1.06 bits per heavy atom. The van der Waals surface area contributed by atoms with Crippen LogP contribution in [0.15, 0.2) is 65.5 Å². The smallest absolute Gasteiger partial charge is 0.315 e. The number of nitrogens with one attached hydrogen (secondary N) is 1. The SMILES string of the molecule is CC(=O)NCc1nc(=O)c(O)c2n1[C@@H](C(c1ccccc1)c1ccccc1)CN(C(C)C)C2=O. The van der Waals surface area contributed by atoms with E-state index in [1.165, 1.54) is 6.92 Å². The van der Waals surface area contributed by atoms with Gasteiger partial charge >= 0.3 is 5.56 Å². The van der Waals surface area contributed by atoms with Crippen molar-refractivity contribution >= 4 is 11.8 Å². The molecule has 1 aliphatic rings. The van der Waals surface area contributed by atoms with Crippen LogP contribution in [0.25, 0.3) is 0 Å². The van der Waals surface area contributed by atoms with Gasteiger partial charge < -0.3 is 19.9 Å². The molecule has 1 atom stereocenters. The molecule has 0 spiro atoms. The first-order valence-electron chi connectivity index (χ1n) is 11.3. The fourth-order valence-electron chi connectivity index (χ4n) is 4.62. The second kappa shape index (κ2) is 9.51. The number of carbonyl (C=O) groups is 2. The molecular formula is C26H28N4O4. The summed E-state index contributed by atoms with van der Waals surface area (Å²) in [4.78, 5) is 43.4. The van der Waals surface area contributed by atoms with Crippen molar-refractivity contribution in [2.75, 3.05) is 6.54 Å². The number of aromatic nitrogens is 2. The standard InChI is InChI=1S/C26H28N4O4/c1-16(2)29-15-20(22(18-10-6-4-7-11-18)19-12-8-5-9-13-19)30-21(14-27-17(3)31)28-25(33)24(32)23(30)26(29)34/h4-13,16,20,22,32H,14-15H2,1-3H3,(H,27,31)/t20-/m1/s1. The molecule has 176 valence electrons. The predicted octanol–water partition coefficient (Wildman–Crippen LogP) is 2.82.